The minimum Gasteiger partial charge on any atom is -0.382 e. The second-order valence-electron chi connectivity index (χ2n) is 7.70. The molecule has 35 heavy (non-hydrogen) atoms. The van der Waals surface area contributed by atoms with Crippen LogP contribution >= 0.6 is 11.6 Å². The monoisotopic (exact) mass is 509 g/mol. The molecule has 0 saturated carbocycles. The predicted octanol–water partition coefficient (Wildman–Crippen LogP) is 4.13. The molecule has 1 amide bonds. The summed E-state index contributed by atoms with van der Waals surface area (Å²) in [4.78, 5) is 22.6. The Hall–Kier alpha value is -4.07. The minimum atomic E-state index is -3.90. The van der Waals surface area contributed by atoms with Crippen LogP contribution < -0.4 is 10.6 Å². The lowest BCUT2D eigenvalue weighted by Gasteiger charge is -2.25. The largest absolute Gasteiger partial charge is 0.382 e. The Balaban J connectivity index is 1.85. The number of sulfone groups is 1. The highest BCUT2D eigenvalue weighted by Crippen LogP contribution is 2.30. The van der Waals surface area contributed by atoms with E-state index in [0.717, 1.165) is 23.8 Å². The van der Waals surface area contributed by atoms with Gasteiger partial charge >= 0.3 is 0 Å². The predicted molar refractivity (Wildman–Crippen MR) is 130 cm³/mol. The van der Waals surface area contributed by atoms with Crippen molar-refractivity contribution in [2.24, 2.45) is 0 Å². The van der Waals surface area contributed by atoms with Gasteiger partial charge in [0.15, 0.2) is 9.84 Å². The number of nitrogens with zero attached hydrogens (tertiary/aromatic N) is 4. The summed E-state index contributed by atoms with van der Waals surface area (Å²) in [5, 5.41) is 10.0. The van der Waals surface area contributed by atoms with Crippen LogP contribution in [0.4, 0.5) is 15.9 Å². The molecule has 0 aliphatic rings. The van der Waals surface area contributed by atoms with E-state index in [1.807, 2.05) is 6.07 Å². The van der Waals surface area contributed by atoms with E-state index in [-0.39, 0.29) is 34.2 Å². The summed E-state index contributed by atoms with van der Waals surface area (Å²) in [6.07, 6.45) is 2.16. The highest BCUT2D eigenvalue weighted by atomic mass is 35.5. The third kappa shape index (κ3) is 5.06. The van der Waals surface area contributed by atoms with Gasteiger partial charge in [-0.25, -0.2) is 22.8 Å². The number of benzene rings is 2. The third-order valence-corrected chi connectivity index (χ3v) is 6.61. The minimum absolute atomic E-state index is 0.00747. The lowest BCUT2D eigenvalue weighted by Crippen LogP contribution is -2.32. The number of nitriles is 1. The van der Waals surface area contributed by atoms with E-state index in [9.17, 15) is 17.6 Å². The molecule has 0 radical (unpaired) electrons. The average molecular weight is 510 g/mol. The molecule has 8 nitrogen and oxygen atoms in total. The first-order valence-corrected chi connectivity index (χ1v) is 12.4. The fraction of sp³-hybridized carbons (Fsp3) is 0.0833. The van der Waals surface area contributed by atoms with Crippen LogP contribution in [-0.2, 0) is 16.4 Å². The van der Waals surface area contributed by atoms with Crippen LogP contribution in [-0.4, -0.2) is 30.5 Å². The SMILES string of the molecule is CS(=O)(=O)c1cc(F)ccc1N(Cc1ccc2cc(Cl)c(N)nc2c1)C(=O)c1ccc(C#N)nc1. The molecule has 2 heterocycles. The van der Waals surface area contributed by atoms with E-state index in [1.54, 1.807) is 24.3 Å². The fourth-order valence-electron chi connectivity index (χ4n) is 3.50. The molecule has 2 aromatic heterocycles. The van der Waals surface area contributed by atoms with Crippen LogP contribution in [0.1, 0.15) is 21.6 Å². The number of aromatic nitrogens is 2. The molecule has 0 fully saturated rings. The topological polar surface area (TPSA) is 130 Å². The molecule has 2 aromatic carbocycles. The Morgan fingerprint density at radius 1 is 1.17 bits per heavy atom. The van der Waals surface area contributed by atoms with E-state index in [4.69, 9.17) is 22.6 Å². The molecule has 4 aromatic rings. The standard InChI is InChI=1S/C24H17ClFN5O3S/c1-35(33,34)22-10-17(26)5-7-21(22)31(24(32)16-4-6-18(11-27)29-12-16)13-14-2-3-15-9-19(25)23(28)30-20(15)8-14/h2-10,12H,13H2,1H3,(H2,28,30). The van der Waals surface area contributed by atoms with Crippen LogP contribution in [0, 0.1) is 17.1 Å². The third-order valence-electron chi connectivity index (χ3n) is 5.19. The molecule has 11 heteroatoms. The molecule has 2 N–H and O–H groups in total. The van der Waals surface area contributed by atoms with Gasteiger partial charge in [0.2, 0.25) is 0 Å². The van der Waals surface area contributed by atoms with Crippen molar-refractivity contribution in [2.45, 2.75) is 11.4 Å². The Morgan fingerprint density at radius 3 is 2.60 bits per heavy atom. The molecule has 0 spiro atoms. The Kier molecular flexibility index (Phi) is 6.39. The fourth-order valence-corrected chi connectivity index (χ4v) is 4.54. The number of hydrogen-bond donors (Lipinski definition) is 1. The van der Waals surface area contributed by atoms with Crippen LogP contribution in [0.25, 0.3) is 10.9 Å². The number of carbonyl (C=O) groups is 1. The Morgan fingerprint density at radius 2 is 1.94 bits per heavy atom. The molecular weight excluding hydrogens is 493 g/mol. The van der Waals surface area contributed by atoms with E-state index in [1.165, 1.54) is 29.3 Å². The van der Waals surface area contributed by atoms with E-state index >= 15 is 0 Å². The lowest BCUT2D eigenvalue weighted by atomic mass is 10.1. The maximum absolute atomic E-state index is 14.0. The summed E-state index contributed by atoms with van der Waals surface area (Å²) >= 11 is 6.04. The molecule has 0 unspecified atom stereocenters. The number of anilines is 2. The van der Waals surface area contributed by atoms with Gasteiger partial charge in [-0.3, -0.25) is 4.79 Å². The number of amides is 1. The molecular formula is C24H17ClFN5O3S. The number of fused-ring (bicyclic) bond motifs is 1. The molecule has 0 aliphatic carbocycles. The number of rotatable bonds is 5. The molecule has 0 atom stereocenters. The molecule has 4 rings (SSSR count). The number of nitrogen functional groups attached to an aromatic ring is 1. The first-order chi connectivity index (χ1) is 16.6. The van der Waals surface area contributed by atoms with Crippen molar-refractivity contribution in [3.05, 3.63) is 88.5 Å². The van der Waals surface area contributed by atoms with Crippen molar-refractivity contribution in [3.63, 3.8) is 0 Å². The smallest absolute Gasteiger partial charge is 0.260 e. The van der Waals surface area contributed by atoms with Crippen molar-refractivity contribution in [1.29, 1.82) is 5.26 Å². The molecule has 0 saturated heterocycles. The van der Waals surface area contributed by atoms with Gasteiger partial charge in [0.1, 0.15) is 23.4 Å². The van der Waals surface area contributed by atoms with E-state index in [0.29, 0.717) is 16.1 Å². The summed E-state index contributed by atoms with van der Waals surface area (Å²) in [5.41, 5.74) is 7.17. The Labute approximate surface area is 205 Å². The van der Waals surface area contributed by atoms with Gasteiger partial charge in [-0.15, -0.1) is 0 Å². The van der Waals surface area contributed by atoms with Gasteiger partial charge in [-0.2, -0.15) is 5.26 Å². The number of nitrogens with two attached hydrogens (primary N) is 1. The number of pyridine rings is 2. The normalized spacial score (nSPS) is 11.3. The summed E-state index contributed by atoms with van der Waals surface area (Å²) in [6, 6.07) is 14.7. The van der Waals surface area contributed by atoms with Gasteiger partial charge < -0.3 is 10.6 Å². The number of hydrogen-bond acceptors (Lipinski definition) is 7. The summed E-state index contributed by atoms with van der Waals surface area (Å²) < 4.78 is 38.9. The van der Waals surface area contributed by atoms with Gasteiger partial charge in [-0.1, -0.05) is 23.7 Å². The van der Waals surface area contributed by atoms with Crippen LogP contribution in [0.2, 0.25) is 5.02 Å². The maximum Gasteiger partial charge on any atom is 0.260 e. The molecule has 0 bridgehead atoms. The second kappa shape index (κ2) is 9.29. The highest BCUT2D eigenvalue weighted by Gasteiger charge is 2.25. The van der Waals surface area contributed by atoms with Crippen LogP contribution in [0.3, 0.4) is 0 Å². The zero-order valence-electron chi connectivity index (χ0n) is 18.2. The molecule has 176 valence electrons. The maximum atomic E-state index is 14.0. The van der Waals surface area contributed by atoms with Gasteiger partial charge in [0, 0.05) is 17.8 Å². The summed E-state index contributed by atoms with van der Waals surface area (Å²) in [7, 11) is -3.90. The van der Waals surface area contributed by atoms with Crippen molar-refractivity contribution in [1.82, 2.24) is 9.97 Å². The van der Waals surface area contributed by atoms with Crippen LogP contribution in [0.15, 0.2) is 65.7 Å². The summed E-state index contributed by atoms with van der Waals surface area (Å²) in [5.74, 6) is -1.21. The van der Waals surface area contributed by atoms with E-state index in [2.05, 4.69) is 9.97 Å². The van der Waals surface area contributed by atoms with Gasteiger partial charge in [0.05, 0.1) is 33.2 Å². The van der Waals surface area contributed by atoms with Crippen molar-refractivity contribution in [2.75, 3.05) is 16.9 Å². The van der Waals surface area contributed by atoms with Crippen LogP contribution in [0.5, 0.6) is 0 Å². The van der Waals surface area contributed by atoms with Gasteiger partial charge in [-0.05, 0) is 48.0 Å². The Bertz CT molecular complexity index is 1620. The lowest BCUT2D eigenvalue weighted by molar-refractivity contribution is 0.0984. The first-order valence-electron chi connectivity index (χ1n) is 10.1. The van der Waals surface area contributed by atoms with Crippen molar-refractivity contribution >= 4 is 49.8 Å². The number of carbonyl (C=O) groups excluding carboxylic acids is 1. The quantitative estimate of drug-likeness (QED) is 0.428. The first kappa shape index (κ1) is 24.1. The average Bonchev–Trinajstić information content (AvgIpc) is 2.82. The number of halogens is 2. The zero-order chi connectivity index (χ0) is 25.3. The van der Waals surface area contributed by atoms with Crippen molar-refractivity contribution < 1.29 is 17.6 Å². The van der Waals surface area contributed by atoms with E-state index < -0.39 is 21.6 Å². The van der Waals surface area contributed by atoms with Gasteiger partial charge in [0.25, 0.3) is 5.91 Å². The van der Waals surface area contributed by atoms with Crippen molar-refractivity contribution in [3.8, 4) is 6.07 Å². The summed E-state index contributed by atoms with van der Waals surface area (Å²) in [6.45, 7) is -0.0763. The highest BCUT2D eigenvalue weighted by molar-refractivity contribution is 7.90. The zero-order valence-corrected chi connectivity index (χ0v) is 19.8. The second-order valence-corrected chi connectivity index (χ2v) is 10.1. The molecule has 0 aliphatic heterocycles.